The Labute approximate surface area is 230 Å². The number of benzene rings is 2. The maximum Gasteiger partial charge on any atom is 0.226 e. The van der Waals surface area contributed by atoms with Gasteiger partial charge in [0.25, 0.3) is 0 Å². The van der Waals surface area contributed by atoms with E-state index in [2.05, 4.69) is 39.1 Å². The van der Waals surface area contributed by atoms with E-state index in [0.29, 0.717) is 23.2 Å². The normalized spacial score (nSPS) is 14.6. The second-order valence-electron chi connectivity index (χ2n) is 9.80. The molecule has 39 heavy (non-hydrogen) atoms. The molecule has 1 fully saturated rings. The predicted octanol–water partition coefficient (Wildman–Crippen LogP) is 3.85. The Bertz CT molecular complexity index is 1260. The van der Waals surface area contributed by atoms with E-state index in [1.165, 1.54) is 29.0 Å². The minimum atomic E-state index is -1.05. The Morgan fingerprint density at radius 3 is 2.46 bits per heavy atom. The highest BCUT2D eigenvalue weighted by atomic mass is 32.1. The number of nitrogens with one attached hydrogen (secondary N) is 3. The lowest BCUT2D eigenvalue weighted by Gasteiger charge is -2.25. The topological polar surface area (TPSA) is 116 Å². The number of aryl methyl sites for hydroxylation is 1. The van der Waals surface area contributed by atoms with Gasteiger partial charge in [0.2, 0.25) is 16.9 Å². The summed E-state index contributed by atoms with van der Waals surface area (Å²) in [5.74, 6) is -1.88. The smallest absolute Gasteiger partial charge is 0.226 e. The van der Waals surface area contributed by atoms with Gasteiger partial charge in [-0.25, -0.2) is 8.78 Å². The lowest BCUT2D eigenvalue weighted by molar-refractivity contribution is -0.125. The molecule has 0 bridgehead atoms. The summed E-state index contributed by atoms with van der Waals surface area (Å²) in [5.41, 5.74) is 2.56. The van der Waals surface area contributed by atoms with Gasteiger partial charge in [0.15, 0.2) is 0 Å². The number of aromatic nitrogens is 2. The van der Waals surface area contributed by atoms with Gasteiger partial charge in [-0.15, -0.1) is 10.2 Å². The molecule has 1 aliphatic rings. The summed E-state index contributed by atoms with van der Waals surface area (Å²) in [7, 11) is 0. The molecule has 11 heteroatoms. The molecule has 1 aromatic heterocycles. The van der Waals surface area contributed by atoms with Gasteiger partial charge in [0.1, 0.15) is 16.6 Å². The van der Waals surface area contributed by atoms with E-state index in [0.717, 1.165) is 35.9 Å². The van der Waals surface area contributed by atoms with Crippen molar-refractivity contribution in [1.82, 2.24) is 20.8 Å². The summed E-state index contributed by atoms with van der Waals surface area (Å²) < 4.78 is 27.6. The average molecular weight is 558 g/mol. The van der Waals surface area contributed by atoms with E-state index in [4.69, 9.17) is 0 Å². The maximum atomic E-state index is 13.8. The SMILES string of the molecule is CCc1cccc(CNC[C@H](O)[C@@H](Cc2cc(F)cc(F)c2)NC(=O)CCC(=O)Nc2nnc(C3CC3)s2)c1. The van der Waals surface area contributed by atoms with Crippen LogP contribution in [0.25, 0.3) is 0 Å². The lowest BCUT2D eigenvalue weighted by atomic mass is 10.00. The van der Waals surface area contributed by atoms with E-state index >= 15 is 0 Å². The number of aliphatic hydroxyl groups is 1. The number of carbonyl (C=O) groups is 2. The van der Waals surface area contributed by atoms with Crippen LogP contribution >= 0.6 is 11.3 Å². The molecule has 0 unspecified atom stereocenters. The van der Waals surface area contributed by atoms with Crippen molar-refractivity contribution >= 4 is 28.3 Å². The fraction of sp³-hybridized carbons (Fsp3) is 0.429. The quantitative estimate of drug-likeness (QED) is 0.239. The minimum absolute atomic E-state index is 0.00944. The molecule has 4 rings (SSSR count). The first-order chi connectivity index (χ1) is 18.8. The molecule has 0 radical (unpaired) electrons. The fourth-order valence-corrected chi connectivity index (χ4v) is 5.13. The highest BCUT2D eigenvalue weighted by Crippen LogP contribution is 2.42. The van der Waals surface area contributed by atoms with Gasteiger partial charge in [-0.1, -0.05) is 42.5 Å². The van der Waals surface area contributed by atoms with E-state index in [1.807, 2.05) is 18.2 Å². The molecular formula is C28H33F2N5O3S. The Kier molecular flexibility index (Phi) is 10.1. The van der Waals surface area contributed by atoms with Crippen LogP contribution in [0, 0.1) is 11.6 Å². The molecule has 8 nitrogen and oxygen atoms in total. The molecule has 2 atom stereocenters. The third kappa shape index (κ3) is 9.15. The number of hydrogen-bond donors (Lipinski definition) is 4. The van der Waals surface area contributed by atoms with Gasteiger partial charge in [-0.05, 0) is 54.5 Å². The molecule has 2 amide bonds. The van der Waals surface area contributed by atoms with Crippen LogP contribution < -0.4 is 16.0 Å². The number of halogens is 2. The average Bonchev–Trinajstić information content (AvgIpc) is 3.65. The Morgan fingerprint density at radius 1 is 1.03 bits per heavy atom. The van der Waals surface area contributed by atoms with Crippen molar-refractivity contribution in [2.75, 3.05) is 11.9 Å². The van der Waals surface area contributed by atoms with Crippen LogP contribution in [-0.4, -0.2) is 45.8 Å². The second-order valence-corrected chi connectivity index (χ2v) is 10.8. The van der Waals surface area contributed by atoms with Crippen molar-refractivity contribution in [3.05, 3.63) is 75.8 Å². The van der Waals surface area contributed by atoms with Crippen LogP contribution in [0.2, 0.25) is 0 Å². The van der Waals surface area contributed by atoms with Crippen LogP contribution in [0.4, 0.5) is 13.9 Å². The molecule has 3 aromatic rings. The summed E-state index contributed by atoms with van der Waals surface area (Å²) in [6.45, 7) is 2.72. The van der Waals surface area contributed by atoms with E-state index in [-0.39, 0.29) is 31.7 Å². The lowest BCUT2D eigenvalue weighted by Crippen LogP contribution is -2.48. The third-order valence-electron chi connectivity index (χ3n) is 6.46. The molecule has 0 spiro atoms. The predicted molar refractivity (Wildman–Crippen MR) is 145 cm³/mol. The zero-order valence-electron chi connectivity index (χ0n) is 21.8. The molecular weight excluding hydrogens is 524 g/mol. The van der Waals surface area contributed by atoms with E-state index < -0.39 is 29.7 Å². The van der Waals surface area contributed by atoms with Gasteiger partial charge in [0, 0.05) is 37.9 Å². The summed E-state index contributed by atoms with van der Waals surface area (Å²) in [6, 6.07) is 10.3. The zero-order valence-corrected chi connectivity index (χ0v) is 22.6. The van der Waals surface area contributed by atoms with Gasteiger partial charge < -0.3 is 21.1 Å². The van der Waals surface area contributed by atoms with Crippen molar-refractivity contribution in [2.24, 2.45) is 0 Å². The Hall–Kier alpha value is -3.28. The number of anilines is 1. The van der Waals surface area contributed by atoms with Crippen molar-refractivity contribution in [3.63, 3.8) is 0 Å². The number of carbonyl (C=O) groups excluding carboxylic acids is 2. The summed E-state index contributed by atoms with van der Waals surface area (Å²) >= 11 is 1.34. The maximum absolute atomic E-state index is 13.8. The number of aliphatic hydroxyl groups excluding tert-OH is 1. The van der Waals surface area contributed by atoms with Crippen molar-refractivity contribution < 1.29 is 23.5 Å². The molecule has 1 heterocycles. The molecule has 0 aliphatic heterocycles. The first-order valence-corrected chi connectivity index (χ1v) is 13.9. The van der Waals surface area contributed by atoms with Crippen LogP contribution in [-0.2, 0) is 29.0 Å². The highest BCUT2D eigenvalue weighted by molar-refractivity contribution is 7.15. The van der Waals surface area contributed by atoms with Gasteiger partial charge in [-0.3, -0.25) is 9.59 Å². The van der Waals surface area contributed by atoms with Crippen molar-refractivity contribution in [2.45, 2.75) is 70.1 Å². The van der Waals surface area contributed by atoms with Gasteiger partial charge >= 0.3 is 0 Å². The molecule has 1 aliphatic carbocycles. The first-order valence-electron chi connectivity index (χ1n) is 13.1. The molecule has 1 saturated carbocycles. The van der Waals surface area contributed by atoms with Crippen LogP contribution in [0.3, 0.4) is 0 Å². The van der Waals surface area contributed by atoms with Crippen molar-refractivity contribution in [3.8, 4) is 0 Å². The number of hydrogen-bond acceptors (Lipinski definition) is 7. The zero-order chi connectivity index (χ0) is 27.8. The van der Waals surface area contributed by atoms with Crippen molar-refractivity contribution in [1.29, 1.82) is 0 Å². The largest absolute Gasteiger partial charge is 0.390 e. The molecule has 2 aromatic carbocycles. The summed E-state index contributed by atoms with van der Waals surface area (Å²) in [5, 5.41) is 28.8. The van der Waals surface area contributed by atoms with E-state index in [9.17, 15) is 23.5 Å². The molecule has 4 N–H and O–H groups in total. The van der Waals surface area contributed by atoms with E-state index in [1.54, 1.807) is 0 Å². The number of nitrogens with zero attached hydrogens (tertiary/aromatic N) is 2. The van der Waals surface area contributed by atoms with Gasteiger partial charge in [0.05, 0.1) is 12.1 Å². The van der Waals surface area contributed by atoms with Gasteiger partial charge in [-0.2, -0.15) is 0 Å². The number of amides is 2. The molecule has 0 saturated heterocycles. The number of rotatable bonds is 14. The molecule has 208 valence electrons. The standard InChI is InChI=1S/C28H33F2N5O3S/c1-2-17-4-3-5-18(10-17)15-31-16-24(36)23(13-19-11-21(29)14-22(30)12-19)32-25(37)8-9-26(38)33-28-35-34-27(39-28)20-6-7-20/h3-5,10-12,14,20,23-24,31,36H,2,6-9,13,15-16H2,1H3,(H,32,37)(H,33,35,38)/t23-,24+/m1/s1. The second kappa shape index (κ2) is 13.7. The third-order valence-corrected chi connectivity index (χ3v) is 7.46. The Morgan fingerprint density at radius 2 is 1.74 bits per heavy atom. The Balaban J connectivity index is 1.31. The monoisotopic (exact) mass is 557 g/mol. The highest BCUT2D eigenvalue weighted by Gasteiger charge is 2.28. The van der Waals surface area contributed by atoms with Crippen LogP contribution in [0.15, 0.2) is 42.5 Å². The minimum Gasteiger partial charge on any atom is -0.390 e. The first kappa shape index (κ1) is 28.7. The van der Waals surface area contributed by atoms with Crippen LogP contribution in [0.1, 0.15) is 60.2 Å². The fourth-order valence-electron chi connectivity index (χ4n) is 4.20. The van der Waals surface area contributed by atoms with Crippen LogP contribution in [0.5, 0.6) is 0 Å². The summed E-state index contributed by atoms with van der Waals surface area (Å²) in [6.07, 6.45) is 1.82. The summed E-state index contributed by atoms with van der Waals surface area (Å²) in [4.78, 5) is 25.0.